The molecule has 6 nitrogen and oxygen atoms in total. The van der Waals surface area contributed by atoms with Crippen LogP contribution >= 0.6 is 0 Å². The predicted molar refractivity (Wildman–Crippen MR) is 122 cm³/mol. The second kappa shape index (κ2) is 10.3. The van der Waals surface area contributed by atoms with Crippen molar-refractivity contribution in [1.29, 1.82) is 0 Å². The van der Waals surface area contributed by atoms with Crippen molar-refractivity contribution < 1.29 is 22.0 Å². The van der Waals surface area contributed by atoms with Crippen LogP contribution in [0.4, 0.5) is 20.2 Å². The summed E-state index contributed by atoms with van der Waals surface area (Å²) in [7, 11) is -3.70. The number of hydrogen-bond donors (Lipinski definition) is 1. The zero-order valence-electron chi connectivity index (χ0n) is 18.4. The normalized spacial score (nSPS) is 15.5. The largest absolute Gasteiger partial charge is 0.368 e. The van der Waals surface area contributed by atoms with E-state index in [1.165, 1.54) is 17.3 Å². The van der Waals surface area contributed by atoms with E-state index in [0.717, 1.165) is 42.1 Å². The number of para-hydroxylation sites is 1. The maximum absolute atomic E-state index is 13.5. The van der Waals surface area contributed by atoms with E-state index in [1.807, 2.05) is 12.1 Å². The van der Waals surface area contributed by atoms with Crippen molar-refractivity contribution in [2.75, 3.05) is 35.1 Å². The van der Waals surface area contributed by atoms with Gasteiger partial charge in [0.2, 0.25) is 15.9 Å². The van der Waals surface area contributed by atoms with Crippen LogP contribution in [0, 0.1) is 11.6 Å². The highest BCUT2D eigenvalue weighted by molar-refractivity contribution is 7.92. The van der Waals surface area contributed by atoms with Crippen molar-refractivity contribution in [2.24, 2.45) is 0 Å². The highest BCUT2D eigenvalue weighted by Gasteiger charge is 2.24. The number of amides is 1. The van der Waals surface area contributed by atoms with E-state index in [0.29, 0.717) is 12.6 Å². The van der Waals surface area contributed by atoms with E-state index in [9.17, 15) is 22.0 Å². The summed E-state index contributed by atoms with van der Waals surface area (Å²) in [6.45, 7) is 3.57. The molecule has 174 valence electrons. The van der Waals surface area contributed by atoms with Gasteiger partial charge in [0.15, 0.2) is 11.6 Å². The standard InChI is InChI=1S/C23H29F2N3O3S/c1-17-15-18-7-3-4-8-22(18)27(17)13-6-12-26-23(29)9-5-14-28(32(2,30)31)19-10-11-20(24)21(25)16-19/h3-4,7-8,10-11,16-17H,5-6,9,12-15H2,1-2H3,(H,26,29)/t17-/m0/s1. The molecule has 1 heterocycles. The molecular formula is C23H29F2N3O3S. The molecule has 1 N–H and O–H groups in total. The van der Waals surface area contributed by atoms with E-state index < -0.39 is 21.7 Å². The summed E-state index contributed by atoms with van der Waals surface area (Å²) < 4.78 is 51.8. The molecule has 0 unspecified atom stereocenters. The maximum Gasteiger partial charge on any atom is 0.232 e. The first-order chi connectivity index (χ1) is 15.2. The fourth-order valence-electron chi connectivity index (χ4n) is 4.05. The molecule has 2 aromatic carbocycles. The van der Waals surface area contributed by atoms with Gasteiger partial charge in [0.1, 0.15) is 0 Å². The Morgan fingerprint density at radius 3 is 2.62 bits per heavy atom. The van der Waals surface area contributed by atoms with Crippen LogP contribution in [-0.4, -0.2) is 46.3 Å². The highest BCUT2D eigenvalue weighted by Crippen LogP contribution is 2.31. The minimum absolute atomic E-state index is 0.000593. The second-order valence-corrected chi connectivity index (χ2v) is 10.0. The lowest BCUT2D eigenvalue weighted by atomic mass is 10.1. The lowest BCUT2D eigenvalue weighted by Crippen LogP contribution is -2.34. The Morgan fingerprint density at radius 2 is 1.91 bits per heavy atom. The van der Waals surface area contributed by atoms with Gasteiger partial charge in [-0.15, -0.1) is 0 Å². The number of carbonyl (C=O) groups is 1. The third kappa shape index (κ3) is 5.97. The number of benzene rings is 2. The molecule has 0 saturated carbocycles. The molecule has 32 heavy (non-hydrogen) atoms. The van der Waals surface area contributed by atoms with E-state index in [4.69, 9.17) is 0 Å². The number of nitrogens with zero attached hydrogens (tertiary/aromatic N) is 2. The lowest BCUT2D eigenvalue weighted by molar-refractivity contribution is -0.121. The molecule has 1 amide bonds. The molecule has 1 aliphatic heterocycles. The number of rotatable bonds is 10. The van der Waals surface area contributed by atoms with Crippen LogP contribution in [0.15, 0.2) is 42.5 Å². The van der Waals surface area contributed by atoms with Crippen LogP contribution in [0.1, 0.15) is 31.7 Å². The molecule has 0 aromatic heterocycles. The van der Waals surface area contributed by atoms with Crippen molar-refractivity contribution in [3.63, 3.8) is 0 Å². The average molecular weight is 466 g/mol. The maximum atomic E-state index is 13.5. The van der Waals surface area contributed by atoms with Crippen LogP contribution in [0.5, 0.6) is 0 Å². The van der Waals surface area contributed by atoms with Gasteiger partial charge in [-0.2, -0.15) is 0 Å². The molecule has 3 rings (SSSR count). The fraction of sp³-hybridized carbons (Fsp3) is 0.435. The van der Waals surface area contributed by atoms with E-state index >= 15 is 0 Å². The smallest absolute Gasteiger partial charge is 0.232 e. The highest BCUT2D eigenvalue weighted by atomic mass is 32.2. The number of nitrogens with one attached hydrogen (secondary N) is 1. The minimum atomic E-state index is -3.70. The predicted octanol–water partition coefficient (Wildman–Crippen LogP) is 3.47. The van der Waals surface area contributed by atoms with Crippen LogP contribution in [-0.2, 0) is 21.2 Å². The summed E-state index contributed by atoms with van der Waals surface area (Å²) in [6.07, 6.45) is 3.21. The topological polar surface area (TPSA) is 69.7 Å². The van der Waals surface area contributed by atoms with Gasteiger partial charge in [0.25, 0.3) is 0 Å². The molecule has 0 aliphatic carbocycles. The van der Waals surface area contributed by atoms with Crippen molar-refractivity contribution in [1.82, 2.24) is 5.32 Å². The van der Waals surface area contributed by atoms with Gasteiger partial charge < -0.3 is 10.2 Å². The first kappa shape index (κ1) is 24.0. The summed E-state index contributed by atoms with van der Waals surface area (Å²) in [5, 5.41) is 2.87. The van der Waals surface area contributed by atoms with Crippen molar-refractivity contribution >= 4 is 27.3 Å². The van der Waals surface area contributed by atoms with Crippen molar-refractivity contribution in [3.05, 3.63) is 59.7 Å². The Morgan fingerprint density at radius 1 is 1.16 bits per heavy atom. The monoisotopic (exact) mass is 465 g/mol. The Bertz CT molecular complexity index is 1060. The molecule has 1 atom stereocenters. The van der Waals surface area contributed by atoms with Gasteiger partial charge in [0, 0.05) is 43.9 Å². The van der Waals surface area contributed by atoms with Gasteiger partial charge in [0.05, 0.1) is 11.9 Å². The van der Waals surface area contributed by atoms with Crippen molar-refractivity contribution in [2.45, 2.75) is 38.6 Å². The molecule has 0 saturated heterocycles. The number of sulfonamides is 1. The number of carbonyl (C=O) groups excluding carboxylic acids is 1. The van der Waals surface area contributed by atoms with E-state index in [2.05, 4.69) is 29.3 Å². The average Bonchev–Trinajstić information content (AvgIpc) is 3.05. The zero-order valence-corrected chi connectivity index (χ0v) is 19.2. The third-order valence-corrected chi connectivity index (χ3v) is 6.80. The Balaban J connectivity index is 1.43. The minimum Gasteiger partial charge on any atom is -0.368 e. The Kier molecular flexibility index (Phi) is 7.71. The van der Waals surface area contributed by atoms with Gasteiger partial charge in [-0.1, -0.05) is 18.2 Å². The summed E-state index contributed by atoms with van der Waals surface area (Å²) in [5.41, 5.74) is 2.64. The first-order valence-corrected chi connectivity index (χ1v) is 12.6. The van der Waals surface area contributed by atoms with E-state index in [1.54, 1.807) is 0 Å². The van der Waals surface area contributed by atoms with Crippen LogP contribution in [0.3, 0.4) is 0 Å². The summed E-state index contributed by atoms with van der Waals surface area (Å²) >= 11 is 0. The number of halogens is 2. The summed E-state index contributed by atoms with van der Waals surface area (Å²) in [5.74, 6) is -2.34. The fourth-order valence-corrected chi connectivity index (χ4v) is 5.00. The van der Waals surface area contributed by atoms with Gasteiger partial charge >= 0.3 is 0 Å². The van der Waals surface area contributed by atoms with Crippen LogP contribution < -0.4 is 14.5 Å². The number of hydrogen-bond acceptors (Lipinski definition) is 4. The molecule has 2 aromatic rings. The molecule has 1 aliphatic rings. The second-order valence-electron chi connectivity index (χ2n) is 8.12. The number of fused-ring (bicyclic) bond motifs is 1. The lowest BCUT2D eigenvalue weighted by Gasteiger charge is -2.25. The van der Waals surface area contributed by atoms with E-state index in [-0.39, 0.29) is 31.0 Å². The third-order valence-electron chi connectivity index (χ3n) is 5.60. The Hall–Kier alpha value is -2.68. The summed E-state index contributed by atoms with van der Waals surface area (Å²) in [6, 6.07) is 11.7. The molecule has 0 bridgehead atoms. The van der Waals surface area contributed by atoms with Crippen LogP contribution in [0.2, 0.25) is 0 Å². The van der Waals surface area contributed by atoms with Gasteiger partial charge in [-0.3, -0.25) is 9.10 Å². The first-order valence-electron chi connectivity index (χ1n) is 10.7. The summed E-state index contributed by atoms with van der Waals surface area (Å²) in [4.78, 5) is 14.5. The zero-order chi connectivity index (χ0) is 23.3. The number of anilines is 2. The quantitative estimate of drug-likeness (QED) is 0.546. The molecular weight excluding hydrogens is 436 g/mol. The van der Waals surface area contributed by atoms with Gasteiger partial charge in [-0.25, -0.2) is 17.2 Å². The SMILES string of the molecule is C[C@H]1Cc2ccccc2N1CCCNC(=O)CCCN(c1ccc(F)c(F)c1)S(C)(=O)=O. The Labute approximate surface area is 188 Å². The van der Waals surface area contributed by atoms with Gasteiger partial charge in [-0.05, 0) is 49.9 Å². The van der Waals surface area contributed by atoms with Crippen molar-refractivity contribution in [3.8, 4) is 0 Å². The molecule has 0 fully saturated rings. The molecule has 0 spiro atoms. The van der Waals surface area contributed by atoms with Crippen LogP contribution in [0.25, 0.3) is 0 Å². The molecule has 9 heteroatoms. The molecule has 0 radical (unpaired) electrons.